The van der Waals surface area contributed by atoms with Crippen molar-refractivity contribution in [1.29, 1.82) is 0 Å². The predicted molar refractivity (Wildman–Crippen MR) is 84.4 cm³/mol. The van der Waals surface area contributed by atoms with Crippen molar-refractivity contribution < 1.29 is 0 Å². The summed E-state index contributed by atoms with van der Waals surface area (Å²) in [5.41, 5.74) is 3.05. The van der Waals surface area contributed by atoms with Gasteiger partial charge in [0.15, 0.2) is 0 Å². The van der Waals surface area contributed by atoms with Crippen LogP contribution in [0.1, 0.15) is 36.8 Å². The maximum absolute atomic E-state index is 6.41. The minimum Gasteiger partial charge on any atom is -0.356 e. The highest BCUT2D eigenvalue weighted by atomic mass is 35.5. The third kappa shape index (κ3) is 2.72. The zero-order valence-corrected chi connectivity index (χ0v) is 13.2. The average Bonchev–Trinajstić information content (AvgIpc) is 2.59. The summed E-state index contributed by atoms with van der Waals surface area (Å²) < 4.78 is 0. The van der Waals surface area contributed by atoms with E-state index < -0.39 is 0 Å². The van der Waals surface area contributed by atoms with Gasteiger partial charge in [0.25, 0.3) is 0 Å². The Labute approximate surface area is 130 Å². The van der Waals surface area contributed by atoms with Crippen LogP contribution in [0.15, 0.2) is 11.1 Å². The number of nitrogens with zero attached hydrogens (tertiary/aromatic N) is 2. The van der Waals surface area contributed by atoms with Crippen LogP contribution in [0.25, 0.3) is 0 Å². The molecule has 2 aliphatic heterocycles. The monoisotopic (exact) mass is 318 g/mol. The molecule has 0 saturated carbocycles. The van der Waals surface area contributed by atoms with E-state index in [2.05, 4.69) is 4.90 Å². The number of fused-ring (bicyclic) bond motifs is 2. The second-order valence-electron chi connectivity index (χ2n) is 5.06. The normalized spacial score (nSPS) is 17.8. The number of aliphatic imine (C=N–C) groups is 1. The summed E-state index contributed by atoms with van der Waals surface area (Å²) in [7, 11) is 0. The van der Waals surface area contributed by atoms with E-state index in [1.54, 1.807) is 0 Å². The zero-order chi connectivity index (χ0) is 12.7. The SMILES string of the molecule is Cc1c(Cl)cc2c(c1Cl)CN1CCCCCC1=N2.Cl. The zero-order valence-electron chi connectivity index (χ0n) is 10.9. The lowest BCUT2D eigenvalue weighted by atomic mass is 10.1. The smallest absolute Gasteiger partial charge is 0.105 e. The van der Waals surface area contributed by atoms with E-state index in [-0.39, 0.29) is 12.4 Å². The van der Waals surface area contributed by atoms with Crippen LogP contribution < -0.4 is 0 Å². The third-order valence-corrected chi connectivity index (χ3v) is 4.72. The molecular weight excluding hydrogens is 303 g/mol. The molecule has 0 amide bonds. The van der Waals surface area contributed by atoms with E-state index in [0.29, 0.717) is 5.02 Å². The Morgan fingerprint density at radius 2 is 2.00 bits per heavy atom. The van der Waals surface area contributed by atoms with Crippen LogP contribution in [-0.4, -0.2) is 17.3 Å². The van der Waals surface area contributed by atoms with Gasteiger partial charge in [-0.2, -0.15) is 0 Å². The molecule has 0 aromatic heterocycles. The standard InChI is InChI=1S/C14H16Cl2N2.ClH/c1-9-11(15)7-12-10(14(9)16)8-18-6-4-2-3-5-13(18)17-12;/h7H,2-6,8H2,1H3;1H. The lowest BCUT2D eigenvalue weighted by molar-refractivity contribution is 0.403. The van der Waals surface area contributed by atoms with Crippen LogP contribution in [0.2, 0.25) is 10.0 Å². The summed E-state index contributed by atoms with van der Waals surface area (Å²) in [6.07, 6.45) is 4.85. The van der Waals surface area contributed by atoms with Crippen LogP contribution in [0.5, 0.6) is 0 Å². The van der Waals surface area contributed by atoms with Gasteiger partial charge in [-0.1, -0.05) is 29.6 Å². The minimum atomic E-state index is 0. The highest BCUT2D eigenvalue weighted by Gasteiger charge is 2.24. The number of benzene rings is 1. The van der Waals surface area contributed by atoms with Crippen molar-refractivity contribution in [3.05, 3.63) is 27.2 Å². The van der Waals surface area contributed by atoms with Gasteiger partial charge in [0.1, 0.15) is 5.84 Å². The first-order valence-corrected chi connectivity index (χ1v) is 7.22. The molecule has 1 aromatic rings. The molecule has 2 aliphatic rings. The van der Waals surface area contributed by atoms with Crippen molar-refractivity contribution in [2.75, 3.05) is 6.54 Å². The van der Waals surface area contributed by atoms with E-state index in [4.69, 9.17) is 28.2 Å². The molecule has 1 saturated heterocycles. The van der Waals surface area contributed by atoms with Crippen molar-refractivity contribution in [3.8, 4) is 0 Å². The number of halogens is 3. The van der Waals surface area contributed by atoms with Gasteiger partial charge in [-0.05, 0) is 31.4 Å². The molecule has 1 aromatic carbocycles. The van der Waals surface area contributed by atoms with Gasteiger partial charge in [0.05, 0.1) is 10.7 Å². The summed E-state index contributed by atoms with van der Waals surface area (Å²) in [6.45, 7) is 3.94. The number of hydrogen-bond donors (Lipinski definition) is 0. The van der Waals surface area contributed by atoms with Gasteiger partial charge in [-0.15, -0.1) is 12.4 Å². The van der Waals surface area contributed by atoms with Crippen LogP contribution >= 0.6 is 35.6 Å². The minimum absolute atomic E-state index is 0. The molecule has 0 radical (unpaired) electrons. The average molecular weight is 320 g/mol. The molecule has 2 heterocycles. The molecule has 5 heteroatoms. The van der Waals surface area contributed by atoms with E-state index >= 15 is 0 Å². The van der Waals surface area contributed by atoms with E-state index in [1.807, 2.05) is 13.0 Å². The fourth-order valence-electron chi connectivity index (χ4n) is 2.69. The highest BCUT2D eigenvalue weighted by Crippen LogP contribution is 2.39. The van der Waals surface area contributed by atoms with Gasteiger partial charge in [-0.25, -0.2) is 4.99 Å². The second kappa shape index (κ2) is 5.90. The lowest BCUT2D eigenvalue weighted by Crippen LogP contribution is -2.32. The fourth-order valence-corrected chi connectivity index (χ4v) is 3.19. The Balaban J connectivity index is 0.00000133. The summed E-state index contributed by atoms with van der Waals surface area (Å²) in [4.78, 5) is 7.13. The molecule has 104 valence electrons. The van der Waals surface area contributed by atoms with E-state index in [1.165, 1.54) is 25.1 Å². The molecular formula is C14H17Cl3N2. The Morgan fingerprint density at radius 3 is 2.79 bits per heavy atom. The van der Waals surface area contributed by atoms with Crippen LogP contribution in [0.4, 0.5) is 5.69 Å². The number of hydrogen-bond acceptors (Lipinski definition) is 2. The fraction of sp³-hybridized carbons (Fsp3) is 0.500. The molecule has 0 atom stereocenters. The van der Waals surface area contributed by atoms with Crippen molar-refractivity contribution >= 4 is 47.1 Å². The summed E-state index contributed by atoms with van der Waals surface area (Å²) >= 11 is 12.6. The maximum atomic E-state index is 6.41. The molecule has 3 rings (SSSR count). The van der Waals surface area contributed by atoms with Gasteiger partial charge in [-0.3, -0.25) is 0 Å². The molecule has 0 N–H and O–H groups in total. The molecule has 2 nitrogen and oxygen atoms in total. The first-order chi connectivity index (χ1) is 8.66. The first kappa shape index (κ1) is 15.0. The first-order valence-electron chi connectivity index (χ1n) is 6.47. The molecule has 19 heavy (non-hydrogen) atoms. The third-order valence-electron chi connectivity index (χ3n) is 3.82. The summed E-state index contributed by atoms with van der Waals surface area (Å²) in [6, 6.07) is 1.95. The second-order valence-corrected chi connectivity index (χ2v) is 5.84. The highest BCUT2D eigenvalue weighted by molar-refractivity contribution is 6.37. The van der Waals surface area contributed by atoms with Crippen molar-refractivity contribution in [1.82, 2.24) is 4.90 Å². The molecule has 0 spiro atoms. The van der Waals surface area contributed by atoms with E-state index in [0.717, 1.165) is 41.3 Å². The number of rotatable bonds is 0. The Morgan fingerprint density at radius 1 is 1.21 bits per heavy atom. The Kier molecular flexibility index (Phi) is 4.65. The van der Waals surface area contributed by atoms with Gasteiger partial charge < -0.3 is 4.90 Å². The quantitative estimate of drug-likeness (QED) is 0.646. The van der Waals surface area contributed by atoms with E-state index in [9.17, 15) is 0 Å². The summed E-state index contributed by atoms with van der Waals surface area (Å²) in [5.74, 6) is 1.20. The Hall–Kier alpha value is -0.440. The van der Waals surface area contributed by atoms with Gasteiger partial charge in [0.2, 0.25) is 0 Å². The topological polar surface area (TPSA) is 15.6 Å². The maximum Gasteiger partial charge on any atom is 0.105 e. The summed E-state index contributed by atoms with van der Waals surface area (Å²) in [5, 5.41) is 1.50. The van der Waals surface area contributed by atoms with Crippen LogP contribution in [0.3, 0.4) is 0 Å². The number of amidine groups is 1. The van der Waals surface area contributed by atoms with Gasteiger partial charge >= 0.3 is 0 Å². The predicted octanol–water partition coefficient (Wildman–Crippen LogP) is 5.14. The lowest BCUT2D eigenvalue weighted by Gasteiger charge is -2.30. The molecule has 0 aliphatic carbocycles. The van der Waals surface area contributed by atoms with Crippen molar-refractivity contribution in [2.24, 2.45) is 4.99 Å². The van der Waals surface area contributed by atoms with Crippen molar-refractivity contribution in [3.63, 3.8) is 0 Å². The molecule has 1 fully saturated rings. The largest absolute Gasteiger partial charge is 0.356 e. The van der Waals surface area contributed by atoms with Crippen LogP contribution in [-0.2, 0) is 6.54 Å². The molecule has 0 unspecified atom stereocenters. The van der Waals surface area contributed by atoms with Crippen molar-refractivity contribution in [2.45, 2.75) is 39.2 Å². The van der Waals surface area contributed by atoms with Crippen LogP contribution in [0, 0.1) is 6.92 Å². The Bertz CT molecular complexity index is 526. The molecule has 0 bridgehead atoms. The van der Waals surface area contributed by atoms with Gasteiger partial charge in [0, 0.05) is 30.1 Å².